The van der Waals surface area contributed by atoms with Crippen LogP contribution in [0.2, 0.25) is 0 Å². The molecule has 80 valence electrons. The molecule has 0 unspecified atom stereocenters. The van der Waals surface area contributed by atoms with Crippen molar-refractivity contribution in [1.82, 2.24) is 0 Å². The normalized spacial score (nSPS) is 6.50. The Labute approximate surface area is 95.6 Å². The Bertz CT molecular complexity index is 34.6. The Morgan fingerprint density at radius 2 is 0.917 bits per heavy atom. The lowest BCUT2D eigenvalue weighted by Gasteiger charge is -1.79. The predicted molar refractivity (Wildman–Crippen MR) is 62.0 cm³/mol. The van der Waals surface area contributed by atoms with Gasteiger partial charge in [0.2, 0.25) is 0 Å². The Kier molecular flexibility index (Phi) is 77.3. The molecular weight excluding hydrogens is 242 g/mol. The minimum Gasteiger partial charge on any atom is -0.412 e. The van der Waals surface area contributed by atoms with Gasteiger partial charge in [0.05, 0.1) is 10.7 Å². The van der Waals surface area contributed by atoms with E-state index in [1.165, 1.54) is 19.3 Å². The summed E-state index contributed by atoms with van der Waals surface area (Å²) >= 11 is 19.1. The van der Waals surface area contributed by atoms with Crippen LogP contribution in [0.5, 0.6) is 0 Å². The molecule has 0 saturated heterocycles. The lowest BCUT2D eigenvalue weighted by Crippen LogP contribution is -1.59. The maximum atomic E-state index is 4.76. The summed E-state index contributed by atoms with van der Waals surface area (Å²) in [5.74, 6) is 0. The second-order valence-electron chi connectivity index (χ2n) is 1.56. The molecule has 0 aromatic rings. The molecule has 0 rings (SSSR count). The maximum absolute atomic E-state index is 4.76. The molecule has 0 aliphatic carbocycles. The van der Waals surface area contributed by atoms with Gasteiger partial charge >= 0.3 is 0 Å². The summed E-state index contributed by atoms with van der Waals surface area (Å²) in [6, 6.07) is 0. The molecule has 1 nitrogen and oxygen atoms in total. The van der Waals surface area contributed by atoms with E-state index in [9.17, 15) is 0 Å². The van der Waals surface area contributed by atoms with Crippen LogP contribution in [0.3, 0.4) is 0 Å². The highest BCUT2D eigenvalue weighted by molar-refractivity contribution is 6.40. The Morgan fingerprint density at radius 1 is 0.750 bits per heavy atom. The standard InChI is InChI=1S/C5H12.2CH2Cl2.H2O/c1-3-5-4-2;2*2-1-3;/h3-5H2,1-2H3;2*1H2;1H2. The highest BCUT2D eigenvalue weighted by atomic mass is 35.5. The zero-order chi connectivity index (χ0) is 9.54. The molecule has 0 heterocycles. The van der Waals surface area contributed by atoms with Crippen molar-refractivity contribution in [2.45, 2.75) is 33.1 Å². The largest absolute Gasteiger partial charge is 0.412 e. The summed E-state index contributed by atoms with van der Waals surface area (Å²) in [4.78, 5) is 0. The van der Waals surface area contributed by atoms with E-state index in [2.05, 4.69) is 13.8 Å². The molecule has 0 aliphatic rings. The van der Waals surface area contributed by atoms with Crippen LogP contribution in [0, 0.1) is 0 Å². The first kappa shape index (κ1) is 23.2. The average molecular weight is 260 g/mol. The summed E-state index contributed by atoms with van der Waals surface area (Å²) in [7, 11) is 0. The smallest absolute Gasteiger partial charge is 0.0967 e. The van der Waals surface area contributed by atoms with Crippen molar-refractivity contribution < 1.29 is 5.48 Å². The van der Waals surface area contributed by atoms with E-state index in [1.54, 1.807) is 0 Å². The van der Waals surface area contributed by atoms with Gasteiger partial charge in [0.1, 0.15) is 0 Å². The van der Waals surface area contributed by atoms with Crippen LogP contribution >= 0.6 is 46.4 Å². The zero-order valence-corrected chi connectivity index (χ0v) is 10.6. The molecule has 0 aromatic carbocycles. The third kappa shape index (κ3) is 117. The first-order valence-electron chi connectivity index (χ1n) is 3.48. The maximum Gasteiger partial charge on any atom is 0.0967 e. The van der Waals surface area contributed by atoms with Gasteiger partial charge < -0.3 is 5.48 Å². The van der Waals surface area contributed by atoms with Gasteiger partial charge in [-0.05, 0) is 0 Å². The fourth-order valence-electron chi connectivity index (χ4n) is 0.354. The third-order valence-corrected chi connectivity index (χ3v) is 0.707. The Hall–Kier alpha value is 1.12. The highest BCUT2D eigenvalue weighted by Gasteiger charge is 1.68. The van der Waals surface area contributed by atoms with Crippen LogP contribution in [-0.2, 0) is 0 Å². The van der Waals surface area contributed by atoms with E-state index < -0.39 is 0 Å². The van der Waals surface area contributed by atoms with Gasteiger partial charge in [0, 0.05) is 0 Å². The number of alkyl halides is 4. The van der Waals surface area contributed by atoms with Crippen LogP contribution in [0.1, 0.15) is 33.1 Å². The Morgan fingerprint density at radius 3 is 0.917 bits per heavy atom. The molecule has 0 saturated carbocycles. The van der Waals surface area contributed by atoms with Gasteiger partial charge in [-0.3, -0.25) is 0 Å². The van der Waals surface area contributed by atoms with Crippen LogP contribution in [-0.4, -0.2) is 16.2 Å². The van der Waals surface area contributed by atoms with Gasteiger partial charge in [-0.2, -0.15) is 0 Å². The van der Waals surface area contributed by atoms with Gasteiger partial charge in [-0.25, -0.2) is 0 Å². The van der Waals surface area contributed by atoms with Gasteiger partial charge in [-0.15, -0.1) is 46.4 Å². The molecule has 0 atom stereocenters. The summed E-state index contributed by atoms with van der Waals surface area (Å²) in [5, 5.41) is 0.389. The molecule has 0 radical (unpaired) electrons. The predicted octanol–water partition coefficient (Wildman–Crippen LogP) is 4.21. The van der Waals surface area contributed by atoms with Gasteiger partial charge in [0.15, 0.2) is 0 Å². The lowest BCUT2D eigenvalue weighted by molar-refractivity contribution is 0.772. The summed E-state index contributed by atoms with van der Waals surface area (Å²) in [5.41, 5.74) is 0. The first-order valence-corrected chi connectivity index (χ1v) is 5.62. The monoisotopic (exact) mass is 258 g/mol. The molecule has 0 aromatic heterocycles. The van der Waals surface area contributed by atoms with Crippen molar-refractivity contribution >= 4 is 46.4 Å². The van der Waals surface area contributed by atoms with Crippen LogP contribution in [0.4, 0.5) is 0 Å². The number of hydrogen-bond donors (Lipinski definition) is 0. The van der Waals surface area contributed by atoms with E-state index in [1.807, 2.05) is 0 Å². The molecule has 0 bridgehead atoms. The first-order chi connectivity index (χ1) is 5.24. The van der Waals surface area contributed by atoms with Gasteiger partial charge in [0.25, 0.3) is 0 Å². The minimum absolute atomic E-state index is 0. The van der Waals surface area contributed by atoms with Crippen molar-refractivity contribution in [2.75, 3.05) is 10.7 Å². The summed E-state index contributed by atoms with van der Waals surface area (Å²) in [6.45, 7) is 4.42. The SMILES string of the molecule is CCCCC.ClCCl.ClCCl.O. The fourth-order valence-corrected chi connectivity index (χ4v) is 0.354. The second-order valence-corrected chi connectivity index (χ2v) is 3.17. The highest BCUT2D eigenvalue weighted by Crippen LogP contribution is 1.88. The van der Waals surface area contributed by atoms with E-state index in [0.29, 0.717) is 0 Å². The summed E-state index contributed by atoms with van der Waals surface area (Å²) < 4.78 is 0. The molecular formula is C7H18Cl4O. The quantitative estimate of drug-likeness (QED) is 0.666. The van der Waals surface area contributed by atoms with Crippen LogP contribution < -0.4 is 0 Å². The molecule has 0 spiro atoms. The van der Waals surface area contributed by atoms with Crippen molar-refractivity contribution in [1.29, 1.82) is 0 Å². The number of hydrogen-bond acceptors (Lipinski definition) is 0. The minimum atomic E-state index is 0. The van der Waals surface area contributed by atoms with E-state index in [-0.39, 0.29) is 16.2 Å². The van der Waals surface area contributed by atoms with Crippen molar-refractivity contribution in [3.63, 3.8) is 0 Å². The van der Waals surface area contributed by atoms with Crippen molar-refractivity contribution in [3.8, 4) is 0 Å². The number of rotatable bonds is 2. The van der Waals surface area contributed by atoms with Crippen molar-refractivity contribution in [3.05, 3.63) is 0 Å². The van der Waals surface area contributed by atoms with E-state index in [0.717, 1.165) is 0 Å². The molecule has 0 amide bonds. The zero-order valence-electron chi connectivity index (χ0n) is 7.55. The van der Waals surface area contributed by atoms with Crippen LogP contribution in [0.25, 0.3) is 0 Å². The van der Waals surface area contributed by atoms with E-state index in [4.69, 9.17) is 46.4 Å². The third-order valence-electron chi connectivity index (χ3n) is 0.707. The Balaban J connectivity index is -0.0000000406. The average Bonchev–Trinajstić information content (AvgIpc) is 1.92. The number of unbranched alkanes of at least 4 members (excludes halogenated alkanes) is 2. The van der Waals surface area contributed by atoms with E-state index >= 15 is 0 Å². The van der Waals surface area contributed by atoms with Crippen molar-refractivity contribution in [2.24, 2.45) is 0 Å². The summed E-state index contributed by atoms with van der Waals surface area (Å²) in [6.07, 6.45) is 4.08. The molecule has 5 heteroatoms. The second kappa shape index (κ2) is 40.0. The molecule has 12 heavy (non-hydrogen) atoms. The lowest BCUT2D eigenvalue weighted by atomic mass is 10.3. The topological polar surface area (TPSA) is 31.5 Å². The molecule has 0 aliphatic heterocycles. The number of halogens is 4. The van der Waals surface area contributed by atoms with Crippen LogP contribution in [0.15, 0.2) is 0 Å². The molecule has 0 fully saturated rings. The molecule has 2 N–H and O–H groups in total. The fraction of sp³-hybridized carbons (Fsp3) is 1.00. The van der Waals surface area contributed by atoms with Gasteiger partial charge in [-0.1, -0.05) is 33.1 Å².